The van der Waals surface area contributed by atoms with E-state index in [4.69, 9.17) is 16.3 Å². The first-order chi connectivity index (χ1) is 11.5. The van der Waals surface area contributed by atoms with Gasteiger partial charge in [0.1, 0.15) is 5.82 Å². The van der Waals surface area contributed by atoms with Crippen molar-refractivity contribution in [3.8, 4) is 0 Å². The second-order valence-corrected chi connectivity index (χ2v) is 5.82. The van der Waals surface area contributed by atoms with Crippen LogP contribution in [-0.2, 0) is 11.3 Å². The summed E-state index contributed by atoms with van der Waals surface area (Å²) in [7, 11) is 1.21. The number of fused-ring (bicyclic) bond motifs is 1. The molecule has 1 aliphatic heterocycles. The first kappa shape index (κ1) is 16.3. The van der Waals surface area contributed by atoms with Gasteiger partial charge in [-0.2, -0.15) is 0 Å². The van der Waals surface area contributed by atoms with Gasteiger partial charge in [-0.25, -0.2) is 4.79 Å². The number of carbonyl (C=O) groups is 2. The topological polar surface area (TPSA) is 77.4 Å². The van der Waals surface area contributed by atoms with Crippen molar-refractivity contribution in [1.29, 1.82) is 0 Å². The Balaban J connectivity index is 2.24. The molecule has 6 nitrogen and oxygen atoms in total. The molecular formula is C17H15ClN2O4. The van der Waals surface area contributed by atoms with Crippen LogP contribution in [0.15, 0.2) is 35.1 Å². The van der Waals surface area contributed by atoms with E-state index in [1.54, 1.807) is 24.3 Å². The molecule has 124 valence electrons. The van der Waals surface area contributed by atoms with Gasteiger partial charge in [-0.05, 0) is 30.7 Å². The molecule has 24 heavy (non-hydrogen) atoms. The molecule has 7 heteroatoms. The Labute approximate surface area is 143 Å². The lowest BCUT2D eigenvalue weighted by Crippen LogP contribution is -2.33. The van der Waals surface area contributed by atoms with Crippen LogP contribution in [0.25, 0.3) is 0 Å². The smallest absolute Gasteiger partial charge is 0.338 e. The van der Waals surface area contributed by atoms with Gasteiger partial charge in [0.2, 0.25) is 0 Å². The van der Waals surface area contributed by atoms with Gasteiger partial charge in [0.15, 0.2) is 5.78 Å². The molecule has 0 bridgehead atoms. The highest BCUT2D eigenvalue weighted by molar-refractivity contribution is 6.30. The van der Waals surface area contributed by atoms with Crippen LogP contribution in [0.5, 0.6) is 0 Å². The van der Waals surface area contributed by atoms with Crippen LogP contribution in [-0.4, -0.2) is 30.0 Å². The lowest BCUT2D eigenvalue weighted by atomic mass is 9.98. The molecule has 0 saturated carbocycles. The highest BCUT2D eigenvalue weighted by atomic mass is 35.5. The zero-order valence-corrected chi connectivity index (χ0v) is 13.7. The van der Waals surface area contributed by atoms with Gasteiger partial charge >= 0.3 is 5.97 Å². The molecule has 1 aromatic heterocycles. The van der Waals surface area contributed by atoms with Crippen molar-refractivity contribution in [3.05, 3.63) is 62.4 Å². The Morgan fingerprint density at radius 2 is 1.96 bits per heavy atom. The van der Waals surface area contributed by atoms with Gasteiger partial charge in [0, 0.05) is 29.7 Å². The van der Waals surface area contributed by atoms with E-state index in [0.29, 0.717) is 29.5 Å². The number of ketones is 1. The summed E-state index contributed by atoms with van der Waals surface area (Å²) in [6, 6.07) is 7.52. The second kappa shape index (κ2) is 6.49. The Morgan fingerprint density at radius 3 is 2.62 bits per heavy atom. The number of pyridine rings is 1. The van der Waals surface area contributed by atoms with Crippen LogP contribution in [0.2, 0.25) is 5.02 Å². The number of halogens is 1. The Morgan fingerprint density at radius 1 is 1.25 bits per heavy atom. The average molecular weight is 347 g/mol. The summed E-state index contributed by atoms with van der Waals surface area (Å²) in [5, 5.41) is 3.57. The number of hydrogen-bond acceptors (Lipinski definition) is 5. The summed E-state index contributed by atoms with van der Waals surface area (Å²) in [4.78, 5) is 37.3. The SMILES string of the molecule is COC(=O)c1cc(=O)n2c(c1C(=O)c1ccc(Cl)cc1)NCCC2. The third kappa shape index (κ3) is 2.80. The number of ether oxygens (including phenoxy) is 1. The van der Waals surface area contributed by atoms with Crippen molar-refractivity contribution in [2.24, 2.45) is 0 Å². The molecule has 0 fully saturated rings. The van der Waals surface area contributed by atoms with E-state index >= 15 is 0 Å². The van der Waals surface area contributed by atoms with Crippen LogP contribution in [0, 0.1) is 0 Å². The average Bonchev–Trinajstić information content (AvgIpc) is 2.61. The van der Waals surface area contributed by atoms with Gasteiger partial charge in [-0.3, -0.25) is 14.2 Å². The molecule has 0 spiro atoms. The van der Waals surface area contributed by atoms with Crippen molar-refractivity contribution in [1.82, 2.24) is 4.57 Å². The van der Waals surface area contributed by atoms with Crippen LogP contribution >= 0.6 is 11.6 Å². The normalized spacial score (nSPS) is 12.9. The molecule has 1 aliphatic rings. The van der Waals surface area contributed by atoms with Gasteiger partial charge in [0.05, 0.1) is 18.2 Å². The molecule has 2 aromatic rings. The van der Waals surface area contributed by atoms with E-state index < -0.39 is 5.97 Å². The summed E-state index contributed by atoms with van der Waals surface area (Å²) in [6.45, 7) is 1.11. The number of rotatable bonds is 3. The lowest BCUT2D eigenvalue weighted by molar-refractivity contribution is 0.0597. The molecule has 0 saturated heterocycles. The van der Waals surface area contributed by atoms with Gasteiger partial charge < -0.3 is 10.1 Å². The van der Waals surface area contributed by atoms with E-state index in [1.165, 1.54) is 11.7 Å². The summed E-state index contributed by atoms with van der Waals surface area (Å²) < 4.78 is 6.21. The molecule has 1 N–H and O–H groups in total. The standard InChI is InChI=1S/C17H15ClN2O4/c1-24-17(23)12-9-13(21)20-8-2-7-19-16(20)14(12)15(22)10-3-5-11(18)6-4-10/h3-6,9,19H,2,7-8H2,1H3. The molecule has 0 unspecified atom stereocenters. The number of methoxy groups -OCH3 is 1. The Kier molecular flexibility index (Phi) is 4.40. The fourth-order valence-corrected chi connectivity index (χ4v) is 2.87. The minimum Gasteiger partial charge on any atom is -0.465 e. The number of anilines is 1. The van der Waals surface area contributed by atoms with Crippen molar-refractivity contribution in [2.45, 2.75) is 13.0 Å². The van der Waals surface area contributed by atoms with Crippen molar-refractivity contribution in [3.63, 3.8) is 0 Å². The summed E-state index contributed by atoms with van der Waals surface area (Å²) >= 11 is 5.86. The maximum absolute atomic E-state index is 13.0. The minimum absolute atomic E-state index is 0.0388. The predicted molar refractivity (Wildman–Crippen MR) is 90.0 cm³/mol. The monoisotopic (exact) mass is 346 g/mol. The van der Waals surface area contributed by atoms with Crippen LogP contribution in [0.4, 0.5) is 5.82 Å². The van der Waals surface area contributed by atoms with Crippen LogP contribution in [0.1, 0.15) is 32.7 Å². The summed E-state index contributed by atoms with van der Waals surface area (Å²) in [6.07, 6.45) is 0.763. The predicted octanol–water partition coefficient (Wildman–Crippen LogP) is 2.33. The third-order valence-electron chi connectivity index (χ3n) is 3.90. The first-order valence-corrected chi connectivity index (χ1v) is 7.81. The Hall–Kier alpha value is -2.60. The summed E-state index contributed by atoms with van der Waals surface area (Å²) in [5.74, 6) is -0.737. The maximum atomic E-state index is 13.0. The highest BCUT2D eigenvalue weighted by Crippen LogP contribution is 2.25. The van der Waals surface area contributed by atoms with E-state index in [9.17, 15) is 14.4 Å². The molecular weight excluding hydrogens is 332 g/mol. The maximum Gasteiger partial charge on any atom is 0.338 e. The van der Waals surface area contributed by atoms with E-state index in [-0.39, 0.29) is 22.5 Å². The number of nitrogens with one attached hydrogen (secondary N) is 1. The quantitative estimate of drug-likeness (QED) is 0.681. The van der Waals surface area contributed by atoms with Gasteiger partial charge in [-0.1, -0.05) is 11.6 Å². The first-order valence-electron chi connectivity index (χ1n) is 7.43. The van der Waals surface area contributed by atoms with Crippen LogP contribution in [0.3, 0.4) is 0 Å². The zero-order chi connectivity index (χ0) is 17.3. The summed E-state index contributed by atoms with van der Waals surface area (Å²) in [5.41, 5.74) is 0.134. The van der Waals surface area contributed by atoms with Gasteiger partial charge in [-0.15, -0.1) is 0 Å². The molecule has 0 atom stereocenters. The fraction of sp³-hybridized carbons (Fsp3) is 0.235. The van der Waals surface area contributed by atoms with Crippen molar-refractivity contribution in [2.75, 3.05) is 19.0 Å². The second-order valence-electron chi connectivity index (χ2n) is 5.38. The van der Waals surface area contributed by atoms with E-state index in [2.05, 4.69) is 5.32 Å². The fourth-order valence-electron chi connectivity index (χ4n) is 2.74. The van der Waals surface area contributed by atoms with Crippen molar-refractivity contribution < 1.29 is 14.3 Å². The molecule has 3 rings (SSSR count). The number of nitrogens with zero attached hydrogens (tertiary/aromatic N) is 1. The minimum atomic E-state index is -0.722. The number of hydrogen-bond donors (Lipinski definition) is 1. The van der Waals surface area contributed by atoms with E-state index in [0.717, 1.165) is 12.5 Å². The number of aromatic nitrogens is 1. The number of carbonyl (C=O) groups excluding carboxylic acids is 2. The number of esters is 1. The molecule has 0 radical (unpaired) electrons. The zero-order valence-electron chi connectivity index (χ0n) is 13.0. The molecule has 1 aromatic carbocycles. The third-order valence-corrected chi connectivity index (χ3v) is 4.15. The van der Waals surface area contributed by atoms with Crippen molar-refractivity contribution >= 4 is 29.2 Å². The van der Waals surface area contributed by atoms with Gasteiger partial charge in [0.25, 0.3) is 5.56 Å². The highest BCUT2D eigenvalue weighted by Gasteiger charge is 2.27. The number of benzene rings is 1. The largest absolute Gasteiger partial charge is 0.465 e. The Bertz CT molecular complexity index is 871. The molecule has 0 aliphatic carbocycles. The molecule has 0 amide bonds. The lowest BCUT2D eigenvalue weighted by Gasteiger charge is -2.23. The van der Waals surface area contributed by atoms with E-state index in [1.807, 2.05) is 0 Å². The van der Waals surface area contributed by atoms with Crippen LogP contribution < -0.4 is 10.9 Å². The molecule has 2 heterocycles.